The molecule has 0 aliphatic heterocycles. The van der Waals surface area contributed by atoms with E-state index >= 15 is 0 Å². The number of nitrogens with two attached hydrogens (primary N) is 1. The predicted molar refractivity (Wildman–Crippen MR) is 83.5 cm³/mol. The highest BCUT2D eigenvalue weighted by Gasteiger charge is 2.31. The molecule has 1 aliphatic rings. The van der Waals surface area contributed by atoms with Gasteiger partial charge < -0.3 is 10.2 Å². The van der Waals surface area contributed by atoms with Gasteiger partial charge in [0.1, 0.15) is 17.2 Å². The molecule has 21 heavy (non-hydrogen) atoms. The molecule has 0 spiro atoms. The zero-order valence-corrected chi connectivity index (χ0v) is 13.0. The van der Waals surface area contributed by atoms with Crippen molar-refractivity contribution < 1.29 is 8.81 Å². The van der Waals surface area contributed by atoms with Gasteiger partial charge in [-0.2, -0.15) is 0 Å². The van der Waals surface area contributed by atoms with Crippen LogP contribution >= 0.6 is 0 Å². The highest BCUT2D eigenvalue weighted by molar-refractivity contribution is 5.82. The number of hydrogen-bond acceptors (Lipinski definition) is 2. The van der Waals surface area contributed by atoms with E-state index < -0.39 is 0 Å². The molecule has 3 unspecified atom stereocenters. The van der Waals surface area contributed by atoms with Gasteiger partial charge in [0.15, 0.2) is 0 Å². The van der Waals surface area contributed by atoms with Gasteiger partial charge in [0.2, 0.25) is 0 Å². The van der Waals surface area contributed by atoms with E-state index in [9.17, 15) is 4.39 Å². The van der Waals surface area contributed by atoms with E-state index in [4.69, 9.17) is 10.2 Å². The molecule has 0 bridgehead atoms. The molecule has 3 atom stereocenters. The summed E-state index contributed by atoms with van der Waals surface area (Å²) in [6, 6.07) is 4.58. The number of fused-ring (bicyclic) bond motifs is 1. The molecule has 0 amide bonds. The van der Waals surface area contributed by atoms with Gasteiger partial charge in [0.25, 0.3) is 0 Å². The number of hydrogen-bond donors (Lipinski definition) is 1. The topological polar surface area (TPSA) is 39.2 Å². The summed E-state index contributed by atoms with van der Waals surface area (Å²) in [5.74, 6) is 2.49. The van der Waals surface area contributed by atoms with Crippen molar-refractivity contribution in [1.82, 2.24) is 0 Å². The fourth-order valence-corrected chi connectivity index (χ4v) is 4.05. The van der Waals surface area contributed by atoms with E-state index in [1.807, 2.05) is 6.92 Å². The van der Waals surface area contributed by atoms with Crippen LogP contribution < -0.4 is 5.73 Å². The van der Waals surface area contributed by atoms with Crippen molar-refractivity contribution in [2.75, 3.05) is 0 Å². The molecule has 1 saturated carbocycles. The maximum Gasteiger partial charge on any atom is 0.134 e. The summed E-state index contributed by atoms with van der Waals surface area (Å²) in [7, 11) is 0. The minimum absolute atomic E-state index is 0.0920. The van der Waals surface area contributed by atoms with Gasteiger partial charge in [-0.25, -0.2) is 4.39 Å². The Labute approximate surface area is 125 Å². The molecular weight excluding hydrogens is 265 g/mol. The highest BCUT2D eigenvalue weighted by atomic mass is 19.1. The zero-order valence-electron chi connectivity index (χ0n) is 13.0. The minimum Gasteiger partial charge on any atom is -0.459 e. The molecule has 1 heterocycles. The number of halogens is 1. The largest absolute Gasteiger partial charge is 0.459 e. The van der Waals surface area contributed by atoms with Crippen molar-refractivity contribution >= 4 is 11.0 Å². The van der Waals surface area contributed by atoms with Crippen molar-refractivity contribution in [2.24, 2.45) is 23.5 Å². The lowest BCUT2D eigenvalue weighted by atomic mass is 9.73. The Morgan fingerprint density at radius 3 is 2.52 bits per heavy atom. The SMILES string of the molecule is Cc1c(C(N)C2CC(C)CC(C)C2)oc2ccc(F)cc12. The zero-order chi connectivity index (χ0) is 15.1. The van der Waals surface area contributed by atoms with Gasteiger partial charge in [-0.15, -0.1) is 0 Å². The second-order valence-electron chi connectivity index (χ2n) is 6.94. The normalized spacial score (nSPS) is 28.0. The van der Waals surface area contributed by atoms with Gasteiger partial charge in [0.05, 0.1) is 6.04 Å². The van der Waals surface area contributed by atoms with E-state index in [0.717, 1.165) is 35.1 Å². The van der Waals surface area contributed by atoms with Crippen molar-refractivity contribution in [3.05, 3.63) is 35.3 Å². The summed E-state index contributed by atoms with van der Waals surface area (Å²) in [6.07, 6.45) is 3.58. The van der Waals surface area contributed by atoms with Crippen LogP contribution in [0, 0.1) is 30.5 Å². The lowest BCUT2D eigenvalue weighted by Gasteiger charge is -2.34. The third kappa shape index (κ3) is 2.71. The molecule has 2 aromatic rings. The molecule has 2 N–H and O–H groups in total. The molecular formula is C18H24FNO. The molecule has 1 aliphatic carbocycles. The summed E-state index contributed by atoms with van der Waals surface area (Å²) in [6.45, 7) is 6.59. The Bertz CT molecular complexity index is 638. The van der Waals surface area contributed by atoms with Crippen LogP contribution in [0.25, 0.3) is 11.0 Å². The maximum atomic E-state index is 13.4. The lowest BCUT2D eigenvalue weighted by Crippen LogP contribution is -2.29. The van der Waals surface area contributed by atoms with Gasteiger partial charge in [-0.05, 0) is 62.1 Å². The lowest BCUT2D eigenvalue weighted by molar-refractivity contribution is 0.184. The predicted octanol–water partition coefficient (Wildman–Crippen LogP) is 4.95. The first kappa shape index (κ1) is 14.6. The van der Waals surface area contributed by atoms with Crippen LogP contribution in [-0.4, -0.2) is 0 Å². The Balaban J connectivity index is 1.94. The van der Waals surface area contributed by atoms with Gasteiger partial charge in [-0.1, -0.05) is 13.8 Å². The van der Waals surface area contributed by atoms with Gasteiger partial charge >= 0.3 is 0 Å². The quantitative estimate of drug-likeness (QED) is 0.849. The first-order valence-corrected chi connectivity index (χ1v) is 7.89. The highest BCUT2D eigenvalue weighted by Crippen LogP contribution is 2.41. The Morgan fingerprint density at radius 2 is 1.86 bits per heavy atom. The molecule has 1 aromatic carbocycles. The van der Waals surface area contributed by atoms with E-state index in [2.05, 4.69) is 13.8 Å². The third-order valence-electron chi connectivity index (χ3n) is 4.96. The Kier molecular flexibility index (Phi) is 3.78. The fraction of sp³-hybridized carbons (Fsp3) is 0.556. The second-order valence-corrected chi connectivity index (χ2v) is 6.94. The van der Waals surface area contributed by atoms with Crippen LogP contribution in [0.2, 0.25) is 0 Å². The van der Waals surface area contributed by atoms with Crippen molar-refractivity contribution in [3.63, 3.8) is 0 Å². The van der Waals surface area contributed by atoms with Crippen LogP contribution in [0.15, 0.2) is 22.6 Å². The average molecular weight is 289 g/mol. The van der Waals surface area contributed by atoms with Crippen molar-refractivity contribution in [3.8, 4) is 0 Å². The smallest absolute Gasteiger partial charge is 0.134 e. The van der Waals surface area contributed by atoms with Crippen molar-refractivity contribution in [1.29, 1.82) is 0 Å². The van der Waals surface area contributed by atoms with E-state index in [0.29, 0.717) is 17.8 Å². The number of benzene rings is 1. The molecule has 0 saturated heterocycles. The Morgan fingerprint density at radius 1 is 1.19 bits per heavy atom. The first-order chi connectivity index (χ1) is 9.95. The van der Waals surface area contributed by atoms with E-state index in [1.165, 1.54) is 18.6 Å². The Hall–Kier alpha value is -1.35. The minimum atomic E-state index is -0.230. The van der Waals surface area contributed by atoms with Crippen LogP contribution in [0.1, 0.15) is 50.5 Å². The van der Waals surface area contributed by atoms with Crippen LogP contribution in [-0.2, 0) is 0 Å². The van der Waals surface area contributed by atoms with Gasteiger partial charge in [0, 0.05) is 10.9 Å². The molecule has 2 nitrogen and oxygen atoms in total. The standard InChI is InChI=1S/C18H24FNO/c1-10-6-11(2)8-13(7-10)17(20)18-12(3)15-9-14(19)4-5-16(15)21-18/h4-5,9-11,13,17H,6-8,20H2,1-3H3. The molecule has 114 valence electrons. The monoisotopic (exact) mass is 289 g/mol. The van der Waals surface area contributed by atoms with Crippen LogP contribution in [0.4, 0.5) is 4.39 Å². The second kappa shape index (κ2) is 5.45. The number of furan rings is 1. The summed E-state index contributed by atoms with van der Waals surface area (Å²) in [4.78, 5) is 0. The average Bonchev–Trinajstić information content (AvgIpc) is 2.74. The first-order valence-electron chi connectivity index (χ1n) is 7.89. The summed E-state index contributed by atoms with van der Waals surface area (Å²) >= 11 is 0. The molecule has 1 fully saturated rings. The van der Waals surface area contributed by atoms with E-state index in [-0.39, 0.29) is 11.9 Å². The molecule has 1 aromatic heterocycles. The molecule has 3 rings (SSSR count). The van der Waals surface area contributed by atoms with Crippen LogP contribution in [0.5, 0.6) is 0 Å². The summed E-state index contributed by atoms with van der Waals surface area (Å²) in [5, 5.41) is 0.845. The fourth-order valence-electron chi connectivity index (χ4n) is 4.05. The maximum absolute atomic E-state index is 13.4. The third-order valence-corrected chi connectivity index (χ3v) is 4.96. The number of aryl methyl sites for hydroxylation is 1. The summed E-state index contributed by atoms with van der Waals surface area (Å²) in [5.41, 5.74) is 8.23. The van der Waals surface area contributed by atoms with E-state index in [1.54, 1.807) is 6.07 Å². The molecule has 3 heteroatoms. The number of rotatable bonds is 2. The van der Waals surface area contributed by atoms with Crippen LogP contribution in [0.3, 0.4) is 0 Å². The van der Waals surface area contributed by atoms with Gasteiger partial charge in [-0.3, -0.25) is 0 Å². The summed E-state index contributed by atoms with van der Waals surface area (Å²) < 4.78 is 19.4. The molecule has 0 radical (unpaired) electrons. The van der Waals surface area contributed by atoms with Crippen molar-refractivity contribution in [2.45, 2.75) is 46.1 Å².